The number of carbonyl (C=O) groups is 1. The van der Waals surface area contributed by atoms with E-state index in [4.69, 9.17) is 9.88 Å². The van der Waals surface area contributed by atoms with Crippen molar-refractivity contribution < 1.29 is 17.9 Å². The summed E-state index contributed by atoms with van der Waals surface area (Å²) in [6.07, 6.45) is 1.96. The van der Waals surface area contributed by atoms with Gasteiger partial charge in [-0.1, -0.05) is 0 Å². The van der Waals surface area contributed by atoms with Crippen LogP contribution < -0.4 is 10.5 Å². The summed E-state index contributed by atoms with van der Waals surface area (Å²) in [5, 5.41) is 8.04. The molecular formula is C9H12N2O4S. The summed E-state index contributed by atoms with van der Waals surface area (Å²) in [6, 6.07) is 0. The van der Waals surface area contributed by atoms with Crippen molar-refractivity contribution >= 4 is 15.8 Å². The summed E-state index contributed by atoms with van der Waals surface area (Å²) in [5.74, 6) is -0.153. The zero-order valence-electron chi connectivity index (χ0n) is 8.47. The first-order valence-corrected chi connectivity index (χ1v) is 6.35. The number of ketones is 1. The van der Waals surface area contributed by atoms with E-state index in [9.17, 15) is 13.2 Å². The van der Waals surface area contributed by atoms with Crippen LogP contribution in [0.25, 0.3) is 0 Å². The van der Waals surface area contributed by atoms with E-state index < -0.39 is 16.3 Å². The van der Waals surface area contributed by atoms with Crippen LogP contribution in [0.15, 0.2) is 22.6 Å². The maximum atomic E-state index is 11.3. The van der Waals surface area contributed by atoms with Gasteiger partial charge in [0.25, 0.3) is 0 Å². The summed E-state index contributed by atoms with van der Waals surface area (Å²) in [7, 11) is -3.82. The number of ether oxygens (including phenoxy) is 1. The highest BCUT2D eigenvalue weighted by Gasteiger charge is 2.29. The Morgan fingerprint density at radius 2 is 2.19 bits per heavy atom. The molecule has 0 spiro atoms. The van der Waals surface area contributed by atoms with Gasteiger partial charge in [-0.3, -0.25) is 10.1 Å². The van der Waals surface area contributed by atoms with Crippen molar-refractivity contribution in [2.24, 2.45) is 5.14 Å². The molecule has 1 unspecified atom stereocenters. The largest absolute Gasteiger partial charge is 0.358 e. The first-order chi connectivity index (χ1) is 7.48. The Bertz CT molecular complexity index is 472. The molecule has 0 amide bonds. The van der Waals surface area contributed by atoms with E-state index in [1.165, 1.54) is 12.2 Å². The number of nitrogens with two attached hydrogens (primary N) is 1. The van der Waals surface area contributed by atoms with Crippen LogP contribution in [0.1, 0.15) is 6.42 Å². The Balaban J connectivity index is 2.43. The fourth-order valence-electron chi connectivity index (χ4n) is 1.76. The van der Waals surface area contributed by atoms with E-state index >= 15 is 0 Å². The predicted octanol–water partition coefficient (Wildman–Crippen LogP) is -0.996. The number of nitrogens with one attached hydrogen (secondary N) is 1. The average Bonchev–Trinajstić information content (AvgIpc) is 2.68. The molecule has 2 aliphatic rings. The van der Waals surface area contributed by atoms with Crippen LogP contribution in [0.4, 0.5) is 0 Å². The third-order valence-electron chi connectivity index (χ3n) is 2.44. The second-order valence-corrected chi connectivity index (χ2v) is 5.15. The van der Waals surface area contributed by atoms with Crippen molar-refractivity contribution in [1.29, 1.82) is 0 Å². The standard InChI is InChI=1S/C9H12N2O4S/c10-16(13,14)8-2-1-6(12)5-7(8)9-11-3-4-15-9/h1-2,9,11H,3-5H2,(H2,10,13,14). The Morgan fingerprint density at radius 1 is 1.44 bits per heavy atom. The quantitative estimate of drug-likeness (QED) is 0.649. The van der Waals surface area contributed by atoms with Crippen LogP contribution >= 0.6 is 0 Å². The number of hydrogen-bond acceptors (Lipinski definition) is 5. The van der Waals surface area contributed by atoms with Crippen LogP contribution in [0, 0.1) is 0 Å². The molecule has 0 radical (unpaired) electrons. The molecule has 3 N–H and O–H groups in total. The molecule has 0 aromatic rings. The summed E-state index contributed by atoms with van der Waals surface area (Å²) in [4.78, 5) is 11.2. The third kappa shape index (κ3) is 2.22. The molecule has 2 rings (SSSR count). The Labute approximate surface area is 93.2 Å². The molecule has 6 nitrogen and oxygen atoms in total. The average molecular weight is 244 g/mol. The fraction of sp³-hybridized carbons (Fsp3) is 0.444. The van der Waals surface area contributed by atoms with E-state index in [1.54, 1.807) is 0 Å². The molecule has 0 aromatic heterocycles. The van der Waals surface area contributed by atoms with Crippen LogP contribution in [0.2, 0.25) is 0 Å². The van der Waals surface area contributed by atoms with Crippen LogP contribution in [0.5, 0.6) is 0 Å². The van der Waals surface area contributed by atoms with Gasteiger partial charge < -0.3 is 4.74 Å². The number of hydrogen-bond donors (Lipinski definition) is 2. The molecule has 16 heavy (non-hydrogen) atoms. The number of primary sulfonamides is 1. The first kappa shape index (κ1) is 11.5. The van der Waals surface area contributed by atoms with E-state index in [1.807, 2.05) is 0 Å². The zero-order valence-corrected chi connectivity index (χ0v) is 9.29. The lowest BCUT2D eigenvalue weighted by Crippen LogP contribution is -2.31. The number of sulfonamides is 1. The number of allylic oxidation sites excluding steroid dienone is 2. The molecule has 7 heteroatoms. The van der Waals surface area contributed by atoms with Gasteiger partial charge in [0.15, 0.2) is 5.78 Å². The Kier molecular flexibility index (Phi) is 2.94. The maximum Gasteiger partial charge on any atom is 0.238 e. The van der Waals surface area contributed by atoms with Crippen molar-refractivity contribution in [2.45, 2.75) is 12.6 Å². The lowest BCUT2D eigenvalue weighted by Gasteiger charge is -2.19. The number of carbonyl (C=O) groups excluding carboxylic acids is 1. The van der Waals surface area contributed by atoms with Gasteiger partial charge in [0.05, 0.1) is 11.5 Å². The van der Waals surface area contributed by atoms with Gasteiger partial charge in [-0.15, -0.1) is 0 Å². The van der Waals surface area contributed by atoms with Crippen molar-refractivity contribution in [3.63, 3.8) is 0 Å². The van der Waals surface area contributed by atoms with Crippen LogP contribution in [-0.2, 0) is 19.6 Å². The summed E-state index contributed by atoms with van der Waals surface area (Å²) in [6.45, 7) is 1.12. The smallest absolute Gasteiger partial charge is 0.238 e. The van der Waals surface area contributed by atoms with E-state index in [0.29, 0.717) is 18.7 Å². The molecule has 1 fully saturated rings. The Hall–Kier alpha value is -1.02. The number of rotatable bonds is 2. The topological polar surface area (TPSA) is 98.5 Å². The minimum Gasteiger partial charge on any atom is -0.358 e. The monoisotopic (exact) mass is 244 g/mol. The van der Waals surface area contributed by atoms with Gasteiger partial charge in [0.1, 0.15) is 6.23 Å². The molecule has 1 heterocycles. The fourth-order valence-corrected chi connectivity index (χ4v) is 2.56. The molecule has 0 saturated carbocycles. The van der Waals surface area contributed by atoms with Gasteiger partial charge >= 0.3 is 0 Å². The van der Waals surface area contributed by atoms with Crippen LogP contribution in [-0.4, -0.2) is 33.6 Å². The van der Waals surface area contributed by atoms with Crippen molar-refractivity contribution in [2.75, 3.05) is 13.2 Å². The van der Waals surface area contributed by atoms with Gasteiger partial charge in [-0.25, -0.2) is 13.6 Å². The summed E-state index contributed by atoms with van der Waals surface area (Å²) in [5.41, 5.74) is 0.396. The lowest BCUT2D eigenvalue weighted by atomic mass is 10.0. The predicted molar refractivity (Wildman–Crippen MR) is 56.6 cm³/mol. The van der Waals surface area contributed by atoms with E-state index in [2.05, 4.69) is 5.32 Å². The van der Waals surface area contributed by atoms with E-state index in [0.717, 1.165) is 0 Å². The molecule has 88 valence electrons. The molecule has 1 saturated heterocycles. The normalized spacial score (nSPS) is 26.6. The van der Waals surface area contributed by atoms with Gasteiger partial charge in [0, 0.05) is 18.5 Å². The molecular weight excluding hydrogens is 232 g/mol. The SMILES string of the molecule is NS(=O)(=O)C1=C(C2NCCO2)CC(=O)C=C1. The Morgan fingerprint density at radius 3 is 2.75 bits per heavy atom. The second kappa shape index (κ2) is 4.10. The molecule has 1 aliphatic heterocycles. The molecule has 0 aromatic carbocycles. The highest BCUT2D eigenvalue weighted by molar-refractivity contribution is 7.93. The lowest BCUT2D eigenvalue weighted by molar-refractivity contribution is -0.114. The minimum atomic E-state index is -3.82. The van der Waals surface area contributed by atoms with Crippen molar-refractivity contribution in [3.8, 4) is 0 Å². The van der Waals surface area contributed by atoms with Crippen molar-refractivity contribution in [1.82, 2.24) is 5.32 Å². The molecule has 0 bridgehead atoms. The highest BCUT2D eigenvalue weighted by atomic mass is 32.2. The van der Waals surface area contributed by atoms with Crippen LogP contribution in [0.3, 0.4) is 0 Å². The van der Waals surface area contributed by atoms with Gasteiger partial charge in [0.2, 0.25) is 10.0 Å². The zero-order chi connectivity index (χ0) is 11.8. The third-order valence-corrected chi connectivity index (χ3v) is 3.45. The molecule has 1 aliphatic carbocycles. The van der Waals surface area contributed by atoms with Crippen molar-refractivity contribution in [3.05, 3.63) is 22.6 Å². The van der Waals surface area contributed by atoms with Gasteiger partial charge in [-0.2, -0.15) is 0 Å². The van der Waals surface area contributed by atoms with E-state index in [-0.39, 0.29) is 17.1 Å². The second-order valence-electron chi connectivity index (χ2n) is 3.62. The minimum absolute atomic E-state index is 0.0218. The molecule has 1 atom stereocenters. The summed E-state index contributed by atoms with van der Waals surface area (Å²) < 4.78 is 28.0. The van der Waals surface area contributed by atoms with Gasteiger partial charge in [-0.05, 0) is 12.2 Å². The summed E-state index contributed by atoms with van der Waals surface area (Å²) >= 11 is 0. The maximum absolute atomic E-state index is 11.3. The first-order valence-electron chi connectivity index (χ1n) is 4.80. The highest BCUT2D eigenvalue weighted by Crippen LogP contribution is 2.24.